The summed E-state index contributed by atoms with van der Waals surface area (Å²) in [6, 6.07) is 13.7. The molecule has 0 radical (unpaired) electrons. The Kier molecular flexibility index (Phi) is 5.84. The third-order valence-electron chi connectivity index (χ3n) is 5.81. The smallest absolute Gasteiger partial charge is 0.282 e. The molecule has 2 aliphatic heterocycles. The Morgan fingerprint density at radius 2 is 1.53 bits per heavy atom. The van der Waals surface area contributed by atoms with Crippen LogP contribution in [0.1, 0.15) is 11.1 Å². The second kappa shape index (κ2) is 8.73. The van der Waals surface area contributed by atoms with Crippen LogP contribution in [0.15, 0.2) is 48.2 Å². The molecule has 0 N–H and O–H groups in total. The van der Waals surface area contributed by atoms with E-state index in [0.29, 0.717) is 52.7 Å². The van der Waals surface area contributed by atoms with E-state index in [1.165, 1.54) is 12.0 Å². The van der Waals surface area contributed by atoms with Crippen molar-refractivity contribution in [1.82, 2.24) is 9.80 Å². The molecule has 2 aromatic carbocycles. The Bertz CT molecular complexity index is 1130. The van der Waals surface area contributed by atoms with Gasteiger partial charge in [0, 0.05) is 26.2 Å². The number of ether oxygens (including phenoxy) is 2. The molecule has 8 heteroatoms. The van der Waals surface area contributed by atoms with Gasteiger partial charge in [-0.2, -0.15) is 5.26 Å². The van der Waals surface area contributed by atoms with Crippen LogP contribution in [0, 0.1) is 11.3 Å². The minimum Gasteiger partial charge on any atom is -0.493 e. The number of likely N-dealkylation sites (N-methyl/N-ethyl adjacent to an activating group) is 1. The summed E-state index contributed by atoms with van der Waals surface area (Å²) in [6.45, 7) is 2.87. The Morgan fingerprint density at radius 1 is 0.875 bits per heavy atom. The lowest BCUT2D eigenvalue weighted by Gasteiger charge is -2.34. The molecule has 0 bridgehead atoms. The van der Waals surface area contributed by atoms with Crippen molar-refractivity contribution in [3.63, 3.8) is 0 Å². The number of methoxy groups -OCH3 is 2. The van der Waals surface area contributed by atoms with Crippen molar-refractivity contribution in [2.24, 2.45) is 0 Å². The zero-order valence-corrected chi connectivity index (χ0v) is 18.3. The molecule has 1 saturated heterocycles. The van der Waals surface area contributed by atoms with E-state index in [1.807, 2.05) is 11.9 Å². The molecule has 0 spiro atoms. The van der Waals surface area contributed by atoms with Crippen LogP contribution in [0.3, 0.4) is 0 Å². The fourth-order valence-corrected chi connectivity index (χ4v) is 4.01. The largest absolute Gasteiger partial charge is 0.493 e. The zero-order valence-electron chi connectivity index (χ0n) is 18.3. The maximum Gasteiger partial charge on any atom is 0.282 e. The van der Waals surface area contributed by atoms with Crippen molar-refractivity contribution in [3.05, 3.63) is 59.3 Å². The van der Waals surface area contributed by atoms with Crippen molar-refractivity contribution in [3.8, 4) is 17.6 Å². The van der Waals surface area contributed by atoms with Gasteiger partial charge in [-0.05, 0) is 49.0 Å². The number of anilines is 1. The average molecular weight is 432 g/mol. The number of carbonyl (C=O) groups is 2. The SMILES string of the molecule is COc1ccc(C2=C(N3CCN(C)CC3)C(=O)N(c3ccc(C#N)cc3)C2=O)cc1OC. The number of hydrogen-bond donors (Lipinski definition) is 0. The highest BCUT2D eigenvalue weighted by Crippen LogP contribution is 2.38. The molecule has 32 heavy (non-hydrogen) atoms. The van der Waals surface area contributed by atoms with Crippen LogP contribution in [-0.4, -0.2) is 69.1 Å². The van der Waals surface area contributed by atoms with Crippen molar-refractivity contribution in [2.75, 3.05) is 52.3 Å². The van der Waals surface area contributed by atoms with Gasteiger partial charge in [-0.1, -0.05) is 6.07 Å². The number of imide groups is 1. The lowest BCUT2D eigenvalue weighted by Crippen LogP contribution is -2.46. The summed E-state index contributed by atoms with van der Waals surface area (Å²) >= 11 is 0. The number of carbonyl (C=O) groups excluding carboxylic acids is 2. The highest BCUT2D eigenvalue weighted by molar-refractivity contribution is 6.45. The number of amides is 2. The number of nitriles is 1. The molecule has 2 amide bonds. The van der Waals surface area contributed by atoms with E-state index < -0.39 is 5.91 Å². The first-order chi connectivity index (χ1) is 15.5. The van der Waals surface area contributed by atoms with Crippen LogP contribution >= 0.6 is 0 Å². The van der Waals surface area contributed by atoms with E-state index in [2.05, 4.69) is 11.0 Å². The summed E-state index contributed by atoms with van der Waals surface area (Å²) in [5, 5.41) is 9.08. The maximum absolute atomic E-state index is 13.6. The lowest BCUT2D eigenvalue weighted by atomic mass is 10.0. The van der Waals surface area contributed by atoms with Crippen LogP contribution in [0.4, 0.5) is 5.69 Å². The summed E-state index contributed by atoms with van der Waals surface area (Å²) in [7, 11) is 5.11. The number of benzene rings is 2. The Balaban J connectivity index is 1.82. The first kappa shape index (κ1) is 21.4. The van der Waals surface area contributed by atoms with Crippen LogP contribution in [0.5, 0.6) is 11.5 Å². The van der Waals surface area contributed by atoms with Crippen molar-refractivity contribution in [2.45, 2.75) is 0 Å². The molecule has 0 saturated carbocycles. The first-order valence-electron chi connectivity index (χ1n) is 10.3. The molecule has 1 fully saturated rings. The van der Waals surface area contributed by atoms with E-state index in [9.17, 15) is 9.59 Å². The van der Waals surface area contributed by atoms with Gasteiger partial charge in [0.25, 0.3) is 11.8 Å². The Labute approximate surface area is 186 Å². The maximum atomic E-state index is 13.6. The van der Waals surface area contributed by atoms with Gasteiger partial charge in [0.15, 0.2) is 11.5 Å². The van der Waals surface area contributed by atoms with Gasteiger partial charge in [0.1, 0.15) is 5.70 Å². The normalized spacial score (nSPS) is 17.1. The van der Waals surface area contributed by atoms with Crippen molar-refractivity contribution in [1.29, 1.82) is 5.26 Å². The summed E-state index contributed by atoms with van der Waals surface area (Å²) < 4.78 is 10.7. The van der Waals surface area contributed by atoms with Gasteiger partial charge in [-0.25, -0.2) is 4.90 Å². The third kappa shape index (κ3) is 3.67. The van der Waals surface area contributed by atoms with Crippen molar-refractivity contribution >= 4 is 23.1 Å². The molecule has 2 aromatic rings. The fourth-order valence-electron chi connectivity index (χ4n) is 4.01. The summed E-state index contributed by atoms with van der Waals surface area (Å²) in [6.07, 6.45) is 0. The summed E-state index contributed by atoms with van der Waals surface area (Å²) in [5.41, 5.74) is 2.21. The van der Waals surface area contributed by atoms with E-state index >= 15 is 0 Å². The number of rotatable bonds is 5. The van der Waals surface area contributed by atoms with E-state index in [0.717, 1.165) is 13.1 Å². The third-order valence-corrected chi connectivity index (χ3v) is 5.81. The second-order valence-corrected chi connectivity index (χ2v) is 7.69. The predicted molar refractivity (Wildman–Crippen MR) is 119 cm³/mol. The van der Waals surface area contributed by atoms with E-state index in [1.54, 1.807) is 49.6 Å². The standard InChI is InChI=1S/C24H24N4O4/c1-26-10-12-27(13-11-26)22-21(17-6-9-19(31-2)20(14-17)32-3)23(29)28(24(22)30)18-7-4-16(15-25)5-8-18/h4-9,14H,10-13H2,1-3H3. The number of hydrogen-bond acceptors (Lipinski definition) is 7. The lowest BCUT2D eigenvalue weighted by molar-refractivity contribution is -0.120. The minimum absolute atomic E-state index is 0.338. The van der Waals surface area contributed by atoms with Crippen molar-refractivity contribution < 1.29 is 19.1 Å². The van der Waals surface area contributed by atoms with Gasteiger partial charge in [-0.3, -0.25) is 9.59 Å². The molecule has 164 valence electrons. The fraction of sp³-hybridized carbons (Fsp3) is 0.292. The topological polar surface area (TPSA) is 86.1 Å². The van der Waals surface area contributed by atoms with E-state index in [-0.39, 0.29) is 5.91 Å². The molecule has 2 heterocycles. The average Bonchev–Trinajstić information content (AvgIpc) is 3.09. The molecular weight excluding hydrogens is 408 g/mol. The highest BCUT2D eigenvalue weighted by Gasteiger charge is 2.43. The Hall–Kier alpha value is -3.83. The number of nitrogens with zero attached hydrogens (tertiary/aromatic N) is 4. The molecule has 0 atom stereocenters. The van der Waals surface area contributed by atoms with Gasteiger partial charge in [-0.15, -0.1) is 0 Å². The number of piperazine rings is 1. The van der Waals surface area contributed by atoms with Crippen LogP contribution in [0.2, 0.25) is 0 Å². The summed E-state index contributed by atoms with van der Waals surface area (Å²) in [4.78, 5) is 32.6. The zero-order chi connectivity index (χ0) is 22.8. The Morgan fingerprint density at radius 3 is 2.12 bits per heavy atom. The van der Waals surface area contributed by atoms with Gasteiger partial charge in [0.2, 0.25) is 0 Å². The monoisotopic (exact) mass is 432 g/mol. The molecule has 2 aliphatic rings. The van der Waals surface area contributed by atoms with Crippen LogP contribution in [0.25, 0.3) is 5.57 Å². The van der Waals surface area contributed by atoms with Gasteiger partial charge < -0.3 is 19.3 Å². The predicted octanol–water partition coefficient (Wildman–Crippen LogP) is 2.11. The molecule has 8 nitrogen and oxygen atoms in total. The van der Waals surface area contributed by atoms with E-state index in [4.69, 9.17) is 14.7 Å². The molecule has 0 aliphatic carbocycles. The minimum atomic E-state index is -0.402. The molecule has 0 aromatic heterocycles. The van der Waals surface area contributed by atoms with Crippen LogP contribution < -0.4 is 14.4 Å². The molecule has 4 rings (SSSR count). The second-order valence-electron chi connectivity index (χ2n) is 7.69. The van der Waals surface area contributed by atoms with Crippen LogP contribution in [-0.2, 0) is 9.59 Å². The first-order valence-corrected chi connectivity index (χ1v) is 10.3. The van der Waals surface area contributed by atoms with Gasteiger partial charge >= 0.3 is 0 Å². The highest BCUT2D eigenvalue weighted by atomic mass is 16.5. The summed E-state index contributed by atoms with van der Waals surface area (Å²) in [5.74, 6) is 0.251. The molecule has 0 unspecified atom stereocenters. The molecular formula is C24H24N4O4. The van der Waals surface area contributed by atoms with Gasteiger partial charge in [0.05, 0.1) is 37.1 Å². The quantitative estimate of drug-likeness (QED) is 0.669.